The van der Waals surface area contributed by atoms with Gasteiger partial charge in [-0.25, -0.2) is 0 Å². The van der Waals surface area contributed by atoms with Gasteiger partial charge in [0.25, 0.3) is 0 Å². The SMILES string of the molecule is C=C/C=C(\C=C/C)PC.C=C/C=C\c1ccccc1C#CC/C=C\C(=C/C=C)c1ccc(C#CC(=C)c2ccccc2/C=C\C)cc1.CC. The largest absolute Gasteiger partial charge is 0.0991 e. The Balaban J connectivity index is 0.000000945. The van der Waals surface area contributed by atoms with Crippen LogP contribution in [0.5, 0.6) is 0 Å². The molecule has 0 fully saturated rings. The molecule has 0 radical (unpaired) electrons. The van der Waals surface area contributed by atoms with Gasteiger partial charge in [-0.2, -0.15) is 0 Å². The van der Waals surface area contributed by atoms with Gasteiger partial charge < -0.3 is 0 Å². The van der Waals surface area contributed by atoms with Crippen LogP contribution in [0.2, 0.25) is 0 Å². The summed E-state index contributed by atoms with van der Waals surface area (Å²) in [5.41, 5.74) is 8.17. The molecule has 0 aliphatic heterocycles. The zero-order valence-electron chi connectivity index (χ0n) is 30.0. The van der Waals surface area contributed by atoms with Gasteiger partial charge in [-0.3, -0.25) is 0 Å². The summed E-state index contributed by atoms with van der Waals surface area (Å²) in [4.78, 5) is 0. The minimum atomic E-state index is 0.647. The first kappa shape index (κ1) is 41.6. The predicted molar refractivity (Wildman–Crippen MR) is 227 cm³/mol. The van der Waals surface area contributed by atoms with E-state index >= 15 is 0 Å². The third kappa shape index (κ3) is 16.3. The average molecular weight is 659 g/mol. The summed E-state index contributed by atoms with van der Waals surface area (Å²) in [6.07, 6.45) is 26.4. The molecule has 0 bridgehead atoms. The smallest absolute Gasteiger partial charge is 0.0317 e. The maximum absolute atomic E-state index is 4.18. The zero-order valence-corrected chi connectivity index (χ0v) is 31.0. The molecular weight excluding hydrogens is 608 g/mol. The van der Waals surface area contributed by atoms with Crippen molar-refractivity contribution < 1.29 is 0 Å². The van der Waals surface area contributed by atoms with Gasteiger partial charge in [-0.15, -0.1) is 0 Å². The highest BCUT2D eigenvalue weighted by Gasteiger charge is 2.01. The van der Waals surface area contributed by atoms with E-state index in [2.05, 4.69) is 111 Å². The summed E-state index contributed by atoms with van der Waals surface area (Å²) < 4.78 is 0. The molecule has 0 N–H and O–H groups in total. The first-order valence-corrected chi connectivity index (χ1v) is 18.0. The highest BCUT2D eigenvalue weighted by Crippen LogP contribution is 2.21. The molecule has 0 saturated heterocycles. The third-order valence-electron chi connectivity index (χ3n) is 6.55. The highest BCUT2D eigenvalue weighted by atomic mass is 31.1. The molecule has 0 amide bonds. The number of allylic oxidation sites excluding steroid dienone is 14. The predicted octanol–water partition coefficient (Wildman–Crippen LogP) is 13.5. The van der Waals surface area contributed by atoms with E-state index < -0.39 is 0 Å². The minimum Gasteiger partial charge on any atom is -0.0991 e. The fraction of sp³-hybridized carbons (Fsp3) is 0.125. The van der Waals surface area contributed by atoms with Gasteiger partial charge in [0.1, 0.15) is 0 Å². The van der Waals surface area contributed by atoms with E-state index in [1.54, 1.807) is 12.2 Å². The second-order valence-corrected chi connectivity index (χ2v) is 11.0. The van der Waals surface area contributed by atoms with Crippen molar-refractivity contribution in [3.63, 3.8) is 0 Å². The van der Waals surface area contributed by atoms with Crippen molar-refractivity contribution >= 4 is 31.9 Å². The first-order chi connectivity index (χ1) is 24.0. The Morgan fingerprint density at radius 1 is 0.735 bits per heavy atom. The molecule has 0 spiro atoms. The molecule has 0 nitrogen and oxygen atoms in total. The second kappa shape index (κ2) is 26.7. The molecule has 0 saturated carbocycles. The van der Waals surface area contributed by atoms with Crippen LogP contribution in [0.3, 0.4) is 0 Å². The van der Waals surface area contributed by atoms with Crippen LogP contribution < -0.4 is 0 Å². The summed E-state index contributed by atoms with van der Waals surface area (Å²) in [5.74, 6) is 13.0. The molecule has 0 aliphatic rings. The molecule has 248 valence electrons. The molecular formula is C48H51P. The van der Waals surface area contributed by atoms with Crippen molar-refractivity contribution in [2.75, 3.05) is 6.66 Å². The number of benzene rings is 3. The van der Waals surface area contributed by atoms with Gasteiger partial charge in [0, 0.05) is 23.1 Å². The third-order valence-corrected chi connectivity index (χ3v) is 7.46. The van der Waals surface area contributed by atoms with E-state index in [1.807, 2.05) is 113 Å². The molecule has 3 aromatic rings. The quantitative estimate of drug-likeness (QED) is 0.109. The maximum atomic E-state index is 4.18. The van der Waals surface area contributed by atoms with Crippen molar-refractivity contribution in [1.29, 1.82) is 0 Å². The van der Waals surface area contributed by atoms with Crippen molar-refractivity contribution in [1.82, 2.24) is 0 Å². The van der Waals surface area contributed by atoms with E-state index in [-0.39, 0.29) is 0 Å². The van der Waals surface area contributed by atoms with Crippen LogP contribution in [0.25, 0.3) is 23.3 Å². The number of hydrogen-bond donors (Lipinski definition) is 0. The Labute approximate surface area is 300 Å². The molecule has 0 aliphatic carbocycles. The Bertz CT molecular complexity index is 1810. The van der Waals surface area contributed by atoms with Crippen LogP contribution in [-0.2, 0) is 0 Å². The average Bonchev–Trinajstić information content (AvgIpc) is 3.14. The van der Waals surface area contributed by atoms with Crippen molar-refractivity contribution in [3.05, 3.63) is 205 Å². The summed E-state index contributed by atoms with van der Waals surface area (Å²) >= 11 is 0. The van der Waals surface area contributed by atoms with E-state index in [0.29, 0.717) is 6.42 Å². The fourth-order valence-corrected chi connectivity index (χ4v) is 4.90. The van der Waals surface area contributed by atoms with Gasteiger partial charge >= 0.3 is 0 Å². The molecule has 0 heterocycles. The van der Waals surface area contributed by atoms with Crippen molar-refractivity contribution in [2.45, 2.75) is 34.1 Å². The van der Waals surface area contributed by atoms with Crippen LogP contribution in [0, 0.1) is 23.7 Å². The lowest BCUT2D eigenvalue weighted by Crippen LogP contribution is -1.86. The fourth-order valence-electron chi connectivity index (χ4n) is 4.28. The van der Waals surface area contributed by atoms with Crippen LogP contribution in [0.4, 0.5) is 0 Å². The van der Waals surface area contributed by atoms with Gasteiger partial charge in [-0.1, -0.05) is 206 Å². The molecule has 1 heteroatoms. The molecule has 0 aromatic heterocycles. The summed E-state index contributed by atoms with van der Waals surface area (Å²) in [6.45, 7) is 25.6. The summed E-state index contributed by atoms with van der Waals surface area (Å²) in [7, 11) is 0.866. The molecule has 3 rings (SSSR count). The lowest BCUT2D eigenvalue weighted by molar-refractivity contribution is 1.46. The van der Waals surface area contributed by atoms with Crippen LogP contribution in [0.1, 0.15) is 67.5 Å². The first-order valence-electron chi connectivity index (χ1n) is 16.5. The lowest BCUT2D eigenvalue weighted by atomic mass is 10.00. The summed E-state index contributed by atoms with van der Waals surface area (Å²) in [6, 6.07) is 24.5. The molecule has 1 atom stereocenters. The van der Waals surface area contributed by atoms with Gasteiger partial charge in [0.2, 0.25) is 0 Å². The standard InChI is InChI=1S/C38H32.C8H13P.C2H6/c1-5-8-18-34-21-12-13-22-35(34)20-11-9-10-19-33(16-6-2)36-29-27-32(28-30-36)26-25-31(4)38-24-15-14-23-37(38)17-7-3;1-4-6-8(9-3)7-5-2;1-2/h5-8,10,12-19,21-24,27-30H,1-2,4,9H2,3H3;4-7,9H,1H2,2-3H3;1-2H3/b17-7-,18-8-,19-10-,33-16+;7-5-,8-6+;. The number of rotatable bonds is 11. The number of hydrogen-bond acceptors (Lipinski definition) is 0. The Kier molecular flexibility index (Phi) is 22.6. The van der Waals surface area contributed by atoms with E-state index in [9.17, 15) is 0 Å². The van der Waals surface area contributed by atoms with Crippen LogP contribution >= 0.6 is 8.58 Å². The molecule has 49 heavy (non-hydrogen) atoms. The second-order valence-electron chi connectivity index (χ2n) is 9.95. The van der Waals surface area contributed by atoms with Crippen molar-refractivity contribution in [2.24, 2.45) is 0 Å². The van der Waals surface area contributed by atoms with E-state index in [1.165, 1.54) is 5.31 Å². The van der Waals surface area contributed by atoms with E-state index in [4.69, 9.17) is 0 Å². The van der Waals surface area contributed by atoms with Gasteiger partial charge in [0.15, 0.2) is 0 Å². The monoisotopic (exact) mass is 658 g/mol. The maximum Gasteiger partial charge on any atom is 0.0317 e. The van der Waals surface area contributed by atoms with Gasteiger partial charge in [-0.05, 0) is 71.9 Å². The van der Waals surface area contributed by atoms with Crippen LogP contribution in [0.15, 0.2) is 171 Å². The Morgan fingerprint density at radius 2 is 1.41 bits per heavy atom. The Morgan fingerprint density at radius 3 is 2.04 bits per heavy atom. The van der Waals surface area contributed by atoms with Crippen molar-refractivity contribution in [3.8, 4) is 23.7 Å². The topological polar surface area (TPSA) is 0 Å². The van der Waals surface area contributed by atoms with Gasteiger partial charge in [0.05, 0.1) is 0 Å². The Hall–Kier alpha value is -5.39. The summed E-state index contributed by atoms with van der Waals surface area (Å²) in [5, 5.41) is 1.35. The highest BCUT2D eigenvalue weighted by molar-refractivity contribution is 7.42. The normalized spacial score (nSPS) is 11.3. The molecule has 1 unspecified atom stereocenters. The van der Waals surface area contributed by atoms with E-state index in [0.717, 1.165) is 53.1 Å². The minimum absolute atomic E-state index is 0.647. The lowest BCUT2D eigenvalue weighted by Gasteiger charge is -2.04. The van der Waals surface area contributed by atoms with Crippen LogP contribution in [-0.4, -0.2) is 6.66 Å². The molecule has 3 aromatic carbocycles. The zero-order chi connectivity index (χ0) is 36.1.